The number of rotatable bonds is 7. The Morgan fingerprint density at radius 2 is 1.14 bits per heavy atom. The summed E-state index contributed by atoms with van der Waals surface area (Å²) in [7, 11) is 1.48. The van der Waals surface area contributed by atoms with Crippen molar-refractivity contribution in [2.45, 2.75) is 75.5 Å². The first-order valence-electron chi connectivity index (χ1n) is 19.9. The van der Waals surface area contributed by atoms with Gasteiger partial charge in [-0.2, -0.15) is 0 Å². The number of anilines is 2. The topological polar surface area (TPSA) is 158 Å². The molecule has 6 aliphatic rings. The minimum atomic E-state index is -1.39. The summed E-state index contributed by atoms with van der Waals surface area (Å²) in [6.07, 6.45) is 10.3. The number of carboxylic acid groups (broad SMARTS) is 2. The number of ether oxygens (including phenoxy) is 1. The van der Waals surface area contributed by atoms with Crippen molar-refractivity contribution < 1.29 is 37.7 Å². The van der Waals surface area contributed by atoms with Crippen molar-refractivity contribution >= 4 is 45.1 Å². The van der Waals surface area contributed by atoms with Crippen LogP contribution in [0.5, 0.6) is 5.75 Å². The molecule has 2 aromatic carbocycles. The van der Waals surface area contributed by atoms with Crippen LogP contribution >= 0.6 is 0 Å². The molecule has 57 heavy (non-hydrogen) atoms. The Hall–Kier alpha value is -5.09. The molecule has 4 atom stereocenters. The highest BCUT2D eigenvalue weighted by atomic mass is 19.1. The van der Waals surface area contributed by atoms with E-state index in [1.165, 1.54) is 30.1 Å². The van der Waals surface area contributed by atoms with Crippen LogP contribution in [0.15, 0.2) is 34.1 Å². The number of pyridine rings is 2. The first-order chi connectivity index (χ1) is 27.4. The van der Waals surface area contributed by atoms with E-state index in [9.17, 15) is 33.8 Å². The zero-order chi connectivity index (χ0) is 39.9. The van der Waals surface area contributed by atoms with Crippen LogP contribution in [0.4, 0.5) is 24.5 Å². The lowest BCUT2D eigenvalue weighted by molar-refractivity contribution is 0.0684. The predicted octanol–water partition coefficient (Wildman–Crippen LogP) is 4.87. The van der Waals surface area contributed by atoms with Gasteiger partial charge >= 0.3 is 11.9 Å². The van der Waals surface area contributed by atoms with Crippen molar-refractivity contribution in [3.8, 4) is 5.75 Å². The molecule has 4 aliphatic heterocycles. The first-order valence-corrected chi connectivity index (χ1v) is 19.9. The molecular weight excluding hydrogens is 745 g/mol. The Kier molecular flexibility index (Phi) is 9.46. The molecule has 0 amide bonds. The summed E-state index contributed by atoms with van der Waals surface area (Å²) in [6.45, 7) is 4.40. The monoisotopic (exact) mass is 790 g/mol. The molecule has 2 saturated carbocycles. The molecule has 6 heterocycles. The summed E-state index contributed by atoms with van der Waals surface area (Å²) in [5.41, 5.74) is -1.56. The standard InChI is InChI=1S/C21H24FN3O4.C20H21F2N3O3/c1-29-20-17-13(19(26)14(21(27)28)9-25(17)12-4-5-12)7-15(22)18(20)24-8-11-3-2-6-23-16(11)10-24;21-14-6-12-17(25(11-3-4-11)8-13(19(12)26)20(27)28)16(22)18(14)24-7-10-2-1-5-23-15(10)9-24/h7,9,11-12,16,23H,2-6,8,10H2,1H3,(H,27,28);6,8,10-11,15,23H,1-5,7,9H2,(H,27,28)/t11-,16+;10-,15+/m00/s1. The number of hydrogen-bond donors (Lipinski definition) is 4. The highest BCUT2D eigenvalue weighted by Gasteiger charge is 2.40. The van der Waals surface area contributed by atoms with Gasteiger partial charge in [-0.15, -0.1) is 0 Å². The normalized spacial score (nSPS) is 24.3. The maximum Gasteiger partial charge on any atom is 0.341 e. The fourth-order valence-electron chi connectivity index (χ4n) is 9.70. The van der Waals surface area contributed by atoms with Crippen molar-refractivity contribution in [1.29, 1.82) is 0 Å². The maximum absolute atomic E-state index is 15.6. The van der Waals surface area contributed by atoms with E-state index in [0.29, 0.717) is 54.5 Å². The van der Waals surface area contributed by atoms with Gasteiger partial charge in [0.15, 0.2) is 17.4 Å². The zero-order valence-electron chi connectivity index (χ0n) is 31.5. The molecule has 2 aliphatic carbocycles. The second-order valence-electron chi connectivity index (χ2n) is 16.4. The fraction of sp³-hybridized carbons (Fsp3) is 0.512. The van der Waals surface area contributed by atoms with Crippen molar-refractivity contribution in [1.82, 2.24) is 19.8 Å². The number of methoxy groups -OCH3 is 1. The van der Waals surface area contributed by atoms with E-state index in [4.69, 9.17) is 4.74 Å². The van der Waals surface area contributed by atoms with E-state index in [0.717, 1.165) is 77.1 Å². The molecule has 16 heteroatoms. The van der Waals surface area contributed by atoms with E-state index in [2.05, 4.69) is 10.6 Å². The number of nitrogens with zero attached hydrogens (tertiary/aromatic N) is 4. The Bertz CT molecular complexity index is 2420. The molecule has 4 saturated heterocycles. The summed E-state index contributed by atoms with van der Waals surface area (Å²) in [4.78, 5) is 52.1. The van der Waals surface area contributed by atoms with Gasteiger partial charge in [0.05, 0.1) is 28.9 Å². The number of fused-ring (bicyclic) bond motifs is 4. The predicted molar refractivity (Wildman–Crippen MR) is 207 cm³/mol. The molecule has 0 spiro atoms. The Balaban J connectivity index is 0.000000148. The molecule has 4 N–H and O–H groups in total. The number of nitrogens with one attached hydrogen (secondary N) is 2. The van der Waals surface area contributed by atoms with Gasteiger partial charge < -0.3 is 44.5 Å². The molecule has 2 aromatic heterocycles. The highest BCUT2D eigenvalue weighted by molar-refractivity contribution is 5.97. The summed E-state index contributed by atoms with van der Waals surface area (Å²) in [5.74, 6) is -3.69. The third-order valence-electron chi connectivity index (χ3n) is 12.8. The van der Waals surface area contributed by atoms with Crippen LogP contribution in [0.2, 0.25) is 0 Å². The average molecular weight is 791 g/mol. The number of halogens is 3. The summed E-state index contributed by atoms with van der Waals surface area (Å²) in [6, 6.07) is 2.78. The number of piperidine rings is 2. The van der Waals surface area contributed by atoms with Gasteiger partial charge in [-0.25, -0.2) is 22.8 Å². The van der Waals surface area contributed by atoms with Crippen molar-refractivity contribution in [3.05, 3.63) is 73.6 Å². The quantitative estimate of drug-likeness (QED) is 0.203. The van der Waals surface area contributed by atoms with Gasteiger partial charge in [0, 0.05) is 62.7 Å². The molecule has 302 valence electrons. The Labute approximate surface area is 325 Å². The number of aromatic nitrogens is 2. The SMILES string of the molecule is COc1c(N2C[C@@H]3CCCN[C@@H]3C2)c(F)cc2c(=O)c(C(=O)O)cn(C3CC3)c12.O=C(O)c1cn(C2CC2)c2c(F)c(N3C[C@@H]4CCCN[C@@H]4C3)c(F)cc2c1=O. The van der Waals surface area contributed by atoms with Crippen molar-refractivity contribution in [3.63, 3.8) is 0 Å². The van der Waals surface area contributed by atoms with Crippen LogP contribution in [-0.2, 0) is 0 Å². The lowest BCUT2D eigenvalue weighted by Crippen LogP contribution is -2.40. The van der Waals surface area contributed by atoms with Crippen molar-refractivity contribution in [2.75, 3.05) is 56.2 Å². The Morgan fingerprint density at radius 3 is 1.60 bits per heavy atom. The lowest BCUT2D eigenvalue weighted by atomic mass is 9.94. The van der Waals surface area contributed by atoms with E-state index in [-0.39, 0.29) is 45.7 Å². The van der Waals surface area contributed by atoms with Gasteiger partial charge in [-0.1, -0.05) is 0 Å². The van der Waals surface area contributed by atoms with E-state index >= 15 is 8.78 Å². The van der Waals surface area contributed by atoms with Gasteiger partial charge in [0.2, 0.25) is 10.9 Å². The second kappa shape index (κ2) is 14.4. The molecular formula is C41H45F3N6O7. The average Bonchev–Trinajstić information content (AvgIpc) is 4.12. The minimum Gasteiger partial charge on any atom is -0.492 e. The van der Waals surface area contributed by atoms with Gasteiger partial charge in [-0.3, -0.25) is 9.59 Å². The molecule has 10 rings (SSSR count). The van der Waals surface area contributed by atoms with Gasteiger partial charge in [0.25, 0.3) is 0 Å². The lowest BCUT2D eigenvalue weighted by Gasteiger charge is -2.25. The summed E-state index contributed by atoms with van der Waals surface area (Å²) >= 11 is 0. The molecule has 4 aromatic rings. The highest BCUT2D eigenvalue weighted by Crippen LogP contribution is 2.45. The second-order valence-corrected chi connectivity index (χ2v) is 16.4. The molecule has 13 nitrogen and oxygen atoms in total. The maximum atomic E-state index is 15.6. The fourth-order valence-corrected chi connectivity index (χ4v) is 9.70. The number of carboxylic acids is 2. The third-order valence-corrected chi connectivity index (χ3v) is 12.8. The summed E-state index contributed by atoms with van der Waals surface area (Å²) in [5, 5.41) is 25.5. The van der Waals surface area contributed by atoms with Crippen LogP contribution < -0.4 is 36.0 Å². The largest absolute Gasteiger partial charge is 0.492 e. The first kappa shape index (κ1) is 37.5. The third kappa shape index (κ3) is 6.50. The molecule has 6 fully saturated rings. The number of carbonyl (C=O) groups is 2. The van der Waals surface area contributed by atoms with E-state index in [1.807, 2.05) is 4.90 Å². The summed E-state index contributed by atoms with van der Waals surface area (Å²) < 4.78 is 54.9. The zero-order valence-corrected chi connectivity index (χ0v) is 31.5. The van der Waals surface area contributed by atoms with E-state index < -0.39 is 45.8 Å². The number of aromatic carboxylic acids is 2. The van der Waals surface area contributed by atoms with Crippen molar-refractivity contribution in [2.24, 2.45) is 11.8 Å². The minimum absolute atomic E-state index is 0.0109. The number of benzene rings is 2. The Morgan fingerprint density at radius 1 is 0.684 bits per heavy atom. The smallest absolute Gasteiger partial charge is 0.341 e. The van der Waals surface area contributed by atoms with Crippen LogP contribution in [0.25, 0.3) is 21.8 Å². The van der Waals surface area contributed by atoms with Gasteiger partial charge in [-0.05, 0) is 88.4 Å². The molecule has 0 radical (unpaired) electrons. The molecule has 0 bridgehead atoms. The van der Waals surface area contributed by atoms with Gasteiger partial charge in [0.1, 0.15) is 28.3 Å². The van der Waals surface area contributed by atoms with E-state index in [1.54, 1.807) is 9.47 Å². The number of hydrogen-bond acceptors (Lipinski definition) is 9. The molecule has 0 unspecified atom stereocenters. The van der Waals surface area contributed by atoms with Crippen LogP contribution in [0.1, 0.15) is 84.2 Å². The van der Waals surface area contributed by atoms with Crippen LogP contribution in [-0.4, -0.2) is 89.7 Å². The van der Waals surface area contributed by atoms with Crippen LogP contribution in [0, 0.1) is 29.3 Å². The van der Waals surface area contributed by atoms with Crippen LogP contribution in [0.3, 0.4) is 0 Å².